The highest BCUT2D eigenvalue weighted by Crippen LogP contribution is 2.28. The van der Waals surface area contributed by atoms with Crippen molar-refractivity contribution in [2.24, 2.45) is 0 Å². The van der Waals surface area contributed by atoms with Crippen LogP contribution in [0.15, 0.2) is 40.2 Å². The molecule has 0 radical (unpaired) electrons. The molecule has 0 unspecified atom stereocenters. The number of nitrogens with one attached hydrogen (secondary N) is 1. The molecule has 1 fully saturated rings. The summed E-state index contributed by atoms with van der Waals surface area (Å²) < 4.78 is 39.7. The molecule has 2 heterocycles. The van der Waals surface area contributed by atoms with Crippen LogP contribution >= 0.6 is 0 Å². The zero-order chi connectivity index (χ0) is 18.9. The smallest absolute Gasteiger partial charge is 0.342 e. The van der Waals surface area contributed by atoms with Crippen molar-refractivity contribution in [1.82, 2.24) is 14.3 Å². The summed E-state index contributed by atoms with van der Waals surface area (Å²) in [5.41, 5.74) is -1.25. The highest BCUT2D eigenvalue weighted by Gasteiger charge is 2.32. The summed E-state index contributed by atoms with van der Waals surface area (Å²) in [4.78, 5) is 29.1. The maximum absolute atomic E-state index is 13.0. The summed E-state index contributed by atoms with van der Waals surface area (Å²) in [6, 6.07) is 4.57. The van der Waals surface area contributed by atoms with Crippen LogP contribution in [0.1, 0.15) is 34.9 Å². The summed E-state index contributed by atoms with van der Waals surface area (Å²) in [6.45, 7) is 0.392. The number of aromatic nitrogens is 2. The maximum atomic E-state index is 13.0. The van der Waals surface area contributed by atoms with Gasteiger partial charge in [0.25, 0.3) is 5.56 Å². The Balaban J connectivity index is 1.85. The van der Waals surface area contributed by atoms with Crippen LogP contribution in [0.4, 0.5) is 4.39 Å². The van der Waals surface area contributed by atoms with Gasteiger partial charge in [0.05, 0.1) is 4.90 Å². The zero-order valence-electron chi connectivity index (χ0n) is 13.6. The molecule has 10 heteroatoms. The van der Waals surface area contributed by atoms with E-state index in [1.54, 1.807) is 0 Å². The van der Waals surface area contributed by atoms with Gasteiger partial charge >= 0.3 is 5.97 Å². The quantitative estimate of drug-likeness (QED) is 0.820. The minimum absolute atomic E-state index is 0.0118. The standard InChI is InChI=1S/C16H16FN3O5S/c17-11-3-5-12(6-4-11)26(24,25)20-7-1-2-10(9-20)14-18-8-13(16(22)23)15(21)19-14/h3-6,8,10H,1-2,7,9H2,(H,22,23)(H,18,19,21)/t10-/m0/s1. The van der Waals surface area contributed by atoms with Gasteiger partial charge in [0.1, 0.15) is 17.2 Å². The monoisotopic (exact) mass is 381 g/mol. The number of rotatable bonds is 4. The maximum Gasteiger partial charge on any atom is 0.342 e. The lowest BCUT2D eigenvalue weighted by Crippen LogP contribution is -2.40. The van der Waals surface area contributed by atoms with E-state index in [-0.39, 0.29) is 23.2 Å². The van der Waals surface area contributed by atoms with Gasteiger partial charge in [0.15, 0.2) is 0 Å². The minimum atomic E-state index is -3.80. The van der Waals surface area contributed by atoms with E-state index in [2.05, 4.69) is 9.97 Å². The summed E-state index contributed by atoms with van der Waals surface area (Å²) in [5, 5.41) is 8.89. The molecule has 0 amide bonds. The molecule has 1 saturated heterocycles. The van der Waals surface area contributed by atoms with E-state index in [9.17, 15) is 22.4 Å². The van der Waals surface area contributed by atoms with Gasteiger partial charge in [-0.25, -0.2) is 22.6 Å². The van der Waals surface area contributed by atoms with Crippen LogP contribution < -0.4 is 5.56 Å². The van der Waals surface area contributed by atoms with Crippen LogP contribution in [0.2, 0.25) is 0 Å². The highest BCUT2D eigenvalue weighted by atomic mass is 32.2. The number of nitrogens with zero attached hydrogens (tertiary/aromatic N) is 2. The Morgan fingerprint density at radius 2 is 2.00 bits per heavy atom. The molecule has 138 valence electrons. The Bertz CT molecular complexity index is 988. The molecule has 0 bridgehead atoms. The number of aromatic amines is 1. The molecule has 1 aromatic carbocycles. The first-order valence-electron chi connectivity index (χ1n) is 7.87. The predicted molar refractivity (Wildman–Crippen MR) is 89.0 cm³/mol. The third-order valence-electron chi connectivity index (χ3n) is 4.27. The number of sulfonamides is 1. The summed E-state index contributed by atoms with van der Waals surface area (Å²) in [5.74, 6) is -2.02. The van der Waals surface area contributed by atoms with Crippen LogP contribution in [0, 0.1) is 5.82 Å². The average molecular weight is 381 g/mol. The topological polar surface area (TPSA) is 120 Å². The predicted octanol–water partition coefficient (Wildman–Crippen LogP) is 1.18. The van der Waals surface area contributed by atoms with Crippen LogP contribution in [0.3, 0.4) is 0 Å². The molecule has 2 N–H and O–H groups in total. The van der Waals surface area contributed by atoms with Gasteiger partial charge in [-0.15, -0.1) is 0 Å². The van der Waals surface area contributed by atoms with Gasteiger partial charge in [-0.2, -0.15) is 4.31 Å². The van der Waals surface area contributed by atoms with E-state index in [0.717, 1.165) is 18.3 Å². The SMILES string of the molecule is O=C(O)c1cnc([C@H]2CCCN(S(=O)(=O)c3ccc(F)cc3)C2)[nH]c1=O. The van der Waals surface area contributed by atoms with Gasteiger partial charge < -0.3 is 10.1 Å². The van der Waals surface area contributed by atoms with Crippen molar-refractivity contribution < 1.29 is 22.7 Å². The van der Waals surface area contributed by atoms with Crippen molar-refractivity contribution in [3.05, 3.63) is 58.0 Å². The van der Waals surface area contributed by atoms with Gasteiger partial charge in [0.2, 0.25) is 10.0 Å². The lowest BCUT2D eigenvalue weighted by atomic mass is 9.99. The molecule has 1 atom stereocenters. The lowest BCUT2D eigenvalue weighted by Gasteiger charge is -2.31. The van der Waals surface area contributed by atoms with Crippen molar-refractivity contribution in [3.8, 4) is 0 Å². The Kier molecular flexibility index (Phi) is 4.88. The number of carbonyl (C=O) groups is 1. The van der Waals surface area contributed by atoms with Crippen LogP contribution in [0.25, 0.3) is 0 Å². The number of carboxylic acid groups (broad SMARTS) is 1. The first-order valence-corrected chi connectivity index (χ1v) is 9.31. The van der Waals surface area contributed by atoms with Crippen LogP contribution in [0.5, 0.6) is 0 Å². The molecule has 2 aromatic rings. The minimum Gasteiger partial charge on any atom is -0.477 e. The molecule has 1 aliphatic heterocycles. The van der Waals surface area contributed by atoms with E-state index in [1.807, 2.05) is 0 Å². The number of carboxylic acids is 1. The van der Waals surface area contributed by atoms with E-state index in [0.29, 0.717) is 19.4 Å². The normalized spacial score (nSPS) is 18.6. The summed E-state index contributed by atoms with van der Waals surface area (Å²) in [7, 11) is -3.80. The second-order valence-electron chi connectivity index (χ2n) is 5.97. The molecule has 0 spiro atoms. The van der Waals surface area contributed by atoms with Crippen molar-refractivity contribution in [2.75, 3.05) is 13.1 Å². The number of aromatic carboxylic acids is 1. The second kappa shape index (κ2) is 6.96. The van der Waals surface area contributed by atoms with Crippen LogP contribution in [-0.2, 0) is 10.0 Å². The van der Waals surface area contributed by atoms with Gasteiger partial charge in [-0.1, -0.05) is 0 Å². The van der Waals surface area contributed by atoms with Crippen molar-refractivity contribution in [2.45, 2.75) is 23.7 Å². The fraction of sp³-hybridized carbons (Fsp3) is 0.312. The van der Waals surface area contributed by atoms with Gasteiger partial charge in [-0.3, -0.25) is 4.79 Å². The Labute approximate surface area is 148 Å². The van der Waals surface area contributed by atoms with E-state index < -0.39 is 32.9 Å². The van der Waals surface area contributed by atoms with Crippen LogP contribution in [-0.4, -0.2) is 46.9 Å². The first kappa shape index (κ1) is 18.2. The average Bonchev–Trinajstić information content (AvgIpc) is 2.62. The molecular weight excluding hydrogens is 365 g/mol. The van der Waals surface area contributed by atoms with E-state index >= 15 is 0 Å². The van der Waals surface area contributed by atoms with Crippen molar-refractivity contribution in [1.29, 1.82) is 0 Å². The Hall–Kier alpha value is -2.59. The summed E-state index contributed by atoms with van der Waals surface area (Å²) >= 11 is 0. The number of H-pyrrole nitrogens is 1. The molecule has 1 aliphatic rings. The first-order chi connectivity index (χ1) is 12.3. The Morgan fingerprint density at radius 3 is 2.62 bits per heavy atom. The van der Waals surface area contributed by atoms with E-state index in [4.69, 9.17) is 5.11 Å². The second-order valence-corrected chi connectivity index (χ2v) is 7.91. The molecule has 26 heavy (non-hydrogen) atoms. The molecule has 0 saturated carbocycles. The molecule has 0 aliphatic carbocycles. The molecule has 3 rings (SSSR count). The third-order valence-corrected chi connectivity index (χ3v) is 6.15. The zero-order valence-corrected chi connectivity index (χ0v) is 14.4. The fourth-order valence-corrected chi connectivity index (χ4v) is 4.43. The van der Waals surface area contributed by atoms with Crippen molar-refractivity contribution in [3.63, 3.8) is 0 Å². The molecule has 8 nitrogen and oxygen atoms in total. The van der Waals surface area contributed by atoms with Gasteiger partial charge in [0, 0.05) is 25.2 Å². The number of hydrogen-bond donors (Lipinski definition) is 2. The Morgan fingerprint density at radius 1 is 1.31 bits per heavy atom. The molecule has 1 aromatic heterocycles. The van der Waals surface area contributed by atoms with Crippen molar-refractivity contribution >= 4 is 16.0 Å². The highest BCUT2D eigenvalue weighted by molar-refractivity contribution is 7.89. The number of benzene rings is 1. The van der Waals surface area contributed by atoms with E-state index in [1.165, 1.54) is 16.4 Å². The lowest BCUT2D eigenvalue weighted by molar-refractivity contribution is 0.0694. The summed E-state index contributed by atoms with van der Waals surface area (Å²) in [6.07, 6.45) is 2.13. The largest absolute Gasteiger partial charge is 0.477 e. The number of hydrogen-bond acceptors (Lipinski definition) is 5. The fourth-order valence-electron chi connectivity index (χ4n) is 2.91. The third kappa shape index (κ3) is 3.51. The van der Waals surface area contributed by atoms with Gasteiger partial charge in [-0.05, 0) is 37.1 Å². The number of halogens is 1. The number of piperidine rings is 1. The molecular formula is C16H16FN3O5S.